The molecule has 1 amide bonds. The Morgan fingerprint density at radius 1 is 1.03 bits per heavy atom. The molecule has 0 atom stereocenters. The second kappa shape index (κ2) is 11.1. The van der Waals surface area contributed by atoms with E-state index in [2.05, 4.69) is 10.3 Å². The Kier molecular flexibility index (Phi) is 7.97. The molecule has 9 heteroatoms. The fourth-order valence-electron chi connectivity index (χ4n) is 4.25. The number of imidazole rings is 1. The number of para-hydroxylation sites is 2. The van der Waals surface area contributed by atoms with Gasteiger partial charge in [-0.05, 0) is 62.6 Å². The number of amides is 1. The van der Waals surface area contributed by atoms with Crippen LogP contribution in [0.5, 0.6) is 0 Å². The Balaban J connectivity index is 1.50. The molecule has 1 aliphatic rings. The van der Waals surface area contributed by atoms with E-state index >= 15 is 0 Å². The molecule has 2 heterocycles. The van der Waals surface area contributed by atoms with E-state index in [4.69, 9.17) is 4.74 Å². The number of nitrogens with zero attached hydrogens (tertiary/aromatic N) is 3. The van der Waals surface area contributed by atoms with Gasteiger partial charge in [0.1, 0.15) is 0 Å². The molecule has 1 aliphatic heterocycles. The van der Waals surface area contributed by atoms with Crippen LogP contribution >= 0.6 is 0 Å². The largest absolute Gasteiger partial charge is 0.382 e. The normalized spacial score (nSPS) is 15.3. The van der Waals surface area contributed by atoms with E-state index in [1.54, 1.807) is 16.4 Å². The van der Waals surface area contributed by atoms with Gasteiger partial charge in [0.25, 0.3) is 5.91 Å². The van der Waals surface area contributed by atoms with Crippen molar-refractivity contribution in [2.45, 2.75) is 50.5 Å². The molecule has 8 nitrogen and oxygen atoms in total. The number of sulfonamides is 1. The van der Waals surface area contributed by atoms with Crippen molar-refractivity contribution in [3.63, 3.8) is 0 Å². The van der Waals surface area contributed by atoms with Crippen LogP contribution in [0, 0.1) is 0 Å². The third-order valence-electron chi connectivity index (χ3n) is 6.07. The minimum absolute atomic E-state index is 0.217. The minimum atomic E-state index is -3.55. The number of fused-ring (bicyclic) bond motifs is 1. The van der Waals surface area contributed by atoms with E-state index in [0.29, 0.717) is 44.4 Å². The van der Waals surface area contributed by atoms with Crippen molar-refractivity contribution in [1.82, 2.24) is 13.9 Å². The summed E-state index contributed by atoms with van der Waals surface area (Å²) in [6.07, 6.45) is 4.67. The number of carbonyl (C=O) groups excluding carboxylic acids is 1. The van der Waals surface area contributed by atoms with E-state index in [1.165, 1.54) is 12.1 Å². The Morgan fingerprint density at radius 2 is 1.74 bits per heavy atom. The predicted molar refractivity (Wildman–Crippen MR) is 132 cm³/mol. The summed E-state index contributed by atoms with van der Waals surface area (Å²) >= 11 is 0. The zero-order valence-electron chi connectivity index (χ0n) is 19.6. The standard InChI is InChI=1S/C25H32N4O4S/c1-2-33-19-9-18-29-23-11-6-5-10-22(23)26-25(29)27-24(30)20-12-14-21(15-13-20)34(31,32)28-16-7-3-4-8-17-28/h5-6,10-15H,2-4,7-9,16-19H2,1H3,(H,26,27,30). The van der Waals surface area contributed by atoms with Crippen LogP contribution in [-0.2, 0) is 21.3 Å². The van der Waals surface area contributed by atoms with E-state index in [0.717, 1.165) is 43.1 Å². The second-order valence-electron chi connectivity index (χ2n) is 8.42. The van der Waals surface area contributed by atoms with Crippen molar-refractivity contribution < 1.29 is 17.9 Å². The molecule has 3 aromatic rings. The number of anilines is 1. The summed E-state index contributed by atoms with van der Waals surface area (Å²) in [6.45, 7) is 5.00. The Labute approximate surface area is 201 Å². The molecule has 1 saturated heterocycles. The van der Waals surface area contributed by atoms with Crippen LogP contribution in [-0.4, -0.2) is 54.5 Å². The number of benzene rings is 2. The first-order valence-electron chi connectivity index (χ1n) is 12.0. The monoisotopic (exact) mass is 484 g/mol. The van der Waals surface area contributed by atoms with Crippen LogP contribution in [0.1, 0.15) is 49.4 Å². The van der Waals surface area contributed by atoms with Crippen molar-refractivity contribution in [3.05, 3.63) is 54.1 Å². The van der Waals surface area contributed by atoms with Gasteiger partial charge in [-0.1, -0.05) is 25.0 Å². The lowest BCUT2D eigenvalue weighted by Crippen LogP contribution is -2.31. The van der Waals surface area contributed by atoms with Gasteiger partial charge in [0.2, 0.25) is 16.0 Å². The number of nitrogens with one attached hydrogen (secondary N) is 1. The second-order valence-corrected chi connectivity index (χ2v) is 10.4. The lowest BCUT2D eigenvalue weighted by atomic mass is 10.2. The van der Waals surface area contributed by atoms with Gasteiger partial charge in [-0.3, -0.25) is 10.1 Å². The highest BCUT2D eigenvalue weighted by atomic mass is 32.2. The van der Waals surface area contributed by atoms with Gasteiger partial charge in [0, 0.05) is 38.4 Å². The third kappa shape index (κ3) is 5.48. The molecule has 0 radical (unpaired) electrons. The molecule has 0 aliphatic carbocycles. The van der Waals surface area contributed by atoms with Crippen LogP contribution < -0.4 is 5.32 Å². The predicted octanol–water partition coefficient (Wildman–Crippen LogP) is 4.28. The molecule has 1 fully saturated rings. The topological polar surface area (TPSA) is 93.5 Å². The maximum atomic E-state index is 13.0. The fourth-order valence-corrected chi connectivity index (χ4v) is 5.77. The van der Waals surface area contributed by atoms with Crippen LogP contribution in [0.3, 0.4) is 0 Å². The molecular formula is C25H32N4O4S. The quantitative estimate of drug-likeness (QED) is 0.458. The number of ether oxygens (including phenoxy) is 1. The highest BCUT2D eigenvalue weighted by molar-refractivity contribution is 7.89. The molecule has 0 spiro atoms. The number of hydrogen-bond acceptors (Lipinski definition) is 5. The first-order chi connectivity index (χ1) is 16.5. The maximum absolute atomic E-state index is 13.0. The smallest absolute Gasteiger partial charge is 0.257 e. The van der Waals surface area contributed by atoms with Gasteiger partial charge >= 0.3 is 0 Å². The van der Waals surface area contributed by atoms with Crippen molar-refractivity contribution >= 4 is 32.9 Å². The molecule has 34 heavy (non-hydrogen) atoms. The molecule has 1 aromatic heterocycles. The summed E-state index contributed by atoms with van der Waals surface area (Å²) in [6, 6.07) is 13.9. The lowest BCUT2D eigenvalue weighted by molar-refractivity contribution is 0.102. The summed E-state index contributed by atoms with van der Waals surface area (Å²) < 4.78 is 35.0. The van der Waals surface area contributed by atoms with Crippen molar-refractivity contribution in [1.29, 1.82) is 0 Å². The molecular weight excluding hydrogens is 452 g/mol. The van der Waals surface area contributed by atoms with Gasteiger partial charge in [-0.2, -0.15) is 4.31 Å². The Morgan fingerprint density at radius 3 is 2.44 bits per heavy atom. The molecule has 182 valence electrons. The molecule has 0 saturated carbocycles. The highest BCUT2D eigenvalue weighted by Crippen LogP contribution is 2.23. The SMILES string of the molecule is CCOCCCn1c(NC(=O)c2ccc(S(=O)(=O)N3CCCCCC3)cc2)nc2ccccc21. The molecule has 1 N–H and O–H groups in total. The van der Waals surface area contributed by atoms with Gasteiger partial charge < -0.3 is 9.30 Å². The number of aryl methyl sites for hydroxylation is 1. The van der Waals surface area contributed by atoms with Crippen molar-refractivity contribution in [2.75, 3.05) is 31.6 Å². The highest BCUT2D eigenvalue weighted by Gasteiger charge is 2.25. The molecule has 4 rings (SSSR count). The zero-order chi connectivity index (χ0) is 24.0. The summed E-state index contributed by atoms with van der Waals surface area (Å²) in [7, 11) is -3.55. The lowest BCUT2D eigenvalue weighted by Gasteiger charge is -2.20. The van der Waals surface area contributed by atoms with Gasteiger partial charge in [-0.15, -0.1) is 0 Å². The molecule has 0 unspecified atom stereocenters. The molecule has 2 aromatic carbocycles. The van der Waals surface area contributed by atoms with E-state index in [9.17, 15) is 13.2 Å². The first-order valence-corrected chi connectivity index (χ1v) is 13.4. The first kappa shape index (κ1) is 24.4. The fraction of sp³-hybridized carbons (Fsp3) is 0.440. The zero-order valence-corrected chi connectivity index (χ0v) is 20.4. The molecule has 0 bridgehead atoms. The van der Waals surface area contributed by atoms with Crippen molar-refractivity contribution in [3.8, 4) is 0 Å². The van der Waals surface area contributed by atoms with Crippen LogP contribution in [0.15, 0.2) is 53.4 Å². The van der Waals surface area contributed by atoms with E-state index in [-0.39, 0.29) is 10.8 Å². The Hall–Kier alpha value is -2.75. The van der Waals surface area contributed by atoms with Crippen LogP contribution in [0.25, 0.3) is 11.0 Å². The summed E-state index contributed by atoms with van der Waals surface area (Å²) in [5.74, 6) is 0.129. The average molecular weight is 485 g/mol. The summed E-state index contributed by atoms with van der Waals surface area (Å²) in [5.41, 5.74) is 2.11. The number of rotatable bonds is 9. The number of aromatic nitrogens is 2. The Bertz CT molecular complexity index is 1210. The van der Waals surface area contributed by atoms with Crippen LogP contribution in [0.4, 0.5) is 5.95 Å². The maximum Gasteiger partial charge on any atom is 0.257 e. The van der Waals surface area contributed by atoms with Crippen LogP contribution in [0.2, 0.25) is 0 Å². The van der Waals surface area contributed by atoms with E-state index in [1.807, 2.05) is 35.8 Å². The summed E-state index contributed by atoms with van der Waals surface area (Å²) in [4.78, 5) is 17.8. The van der Waals surface area contributed by atoms with E-state index < -0.39 is 10.0 Å². The van der Waals surface area contributed by atoms with Gasteiger partial charge in [-0.25, -0.2) is 13.4 Å². The minimum Gasteiger partial charge on any atom is -0.382 e. The number of hydrogen-bond donors (Lipinski definition) is 1. The van der Waals surface area contributed by atoms with Gasteiger partial charge in [0.05, 0.1) is 15.9 Å². The third-order valence-corrected chi connectivity index (χ3v) is 7.99. The van der Waals surface area contributed by atoms with Gasteiger partial charge in [0.15, 0.2) is 0 Å². The van der Waals surface area contributed by atoms with Crippen molar-refractivity contribution in [2.24, 2.45) is 0 Å². The number of carbonyl (C=O) groups is 1. The average Bonchev–Trinajstić information content (AvgIpc) is 3.00. The summed E-state index contributed by atoms with van der Waals surface area (Å²) in [5, 5.41) is 2.90.